The first kappa shape index (κ1) is 15.4. The number of hydrogen-bond donors (Lipinski definition) is 3. The molecule has 1 aliphatic rings. The molecule has 2 amide bonds. The minimum absolute atomic E-state index is 0.253. The van der Waals surface area contributed by atoms with Crippen molar-refractivity contribution in [2.45, 2.75) is 12.8 Å². The number of carbonyl (C=O) groups is 2. The Kier molecular flexibility index (Phi) is 4.85. The molecule has 7 heteroatoms. The molecule has 4 N–H and O–H groups in total. The van der Waals surface area contributed by atoms with Gasteiger partial charge < -0.3 is 21.3 Å². The lowest BCUT2D eigenvalue weighted by Crippen LogP contribution is -2.25. The number of rotatable bonds is 5. The average Bonchev–Trinajstić information content (AvgIpc) is 3.11. The number of hydrogen-bond acceptors (Lipinski definition) is 5. The van der Waals surface area contributed by atoms with Crippen molar-refractivity contribution in [2.75, 3.05) is 37.3 Å². The van der Waals surface area contributed by atoms with Crippen molar-refractivity contribution in [1.29, 1.82) is 0 Å². The van der Waals surface area contributed by atoms with E-state index in [1.165, 1.54) is 11.3 Å². The second-order valence-corrected chi connectivity index (χ2v) is 5.80. The molecule has 0 radical (unpaired) electrons. The normalized spacial score (nSPS) is 14.0. The Balaban J connectivity index is 2.40. The molecule has 1 saturated heterocycles. The molecule has 0 bridgehead atoms. The molecule has 0 atom stereocenters. The fraction of sp³-hybridized carbons (Fsp3) is 0.429. The van der Waals surface area contributed by atoms with Gasteiger partial charge in [0.25, 0.3) is 11.8 Å². The number of thiophene rings is 1. The number of nitrogen functional groups attached to an aromatic ring is 1. The molecule has 0 unspecified atom stereocenters. The zero-order valence-corrected chi connectivity index (χ0v) is 12.9. The van der Waals surface area contributed by atoms with Gasteiger partial charge in [0.2, 0.25) is 0 Å². The Morgan fingerprint density at radius 3 is 2.62 bits per heavy atom. The number of nitrogens with two attached hydrogens (primary N) is 1. The highest BCUT2D eigenvalue weighted by Crippen LogP contribution is 2.39. The monoisotopic (exact) mass is 308 g/mol. The van der Waals surface area contributed by atoms with Crippen LogP contribution in [0.5, 0.6) is 0 Å². The van der Waals surface area contributed by atoms with Gasteiger partial charge in [-0.25, -0.2) is 0 Å². The summed E-state index contributed by atoms with van der Waals surface area (Å²) >= 11 is 1.28. The SMILES string of the molecule is C=CCNC(=O)c1sc(N2CCCC2)c(C(=O)NC)c1N. The number of anilines is 2. The largest absolute Gasteiger partial charge is 0.397 e. The molecule has 0 saturated carbocycles. The number of amides is 2. The third-order valence-corrected chi connectivity index (χ3v) is 4.65. The lowest BCUT2D eigenvalue weighted by atomic mass is 10.2. The van der Waals surface area contributed by atoms with Gasteiger partial charge >= 0.3 is 0 Å². The highest BCUT2D eigenvalue weighted by molar-refractivity contribution is 7.19. The van der Waals surface area contributed by atoms with Gasteiger partial charge in [-0.05, 0) is 12.8 Å². The van der Waals surface area contributed by atoms with E-state index in [0.29, 0.717) is 17.0 Å². The average molecular weight is 308 g/mol. The van der Waals surface area contributed by atoms with Gasteiger partial charge in [0.1, 0.15) is 9.88 Å². The van der Waals surface area contributed by atoms with Crippen molar-refractivity contribution in [3.8, 4) is 0 Å². The van der Waals surface area contributed by atoms with Crippen LogP contribution in [0, 0.1) is 0 Å². The van der Waals surface area contributed by atoms with E-state index in [2.05, 4.69) is 22.1 Å². The van der Waals surface area contributed by atoms with Crippen LogP contribution in [0.15, 0.2) is 12.7 Å². The minimum Gasteiger partial charge on any atom is -0.397 e. The highest BCUT2D eigenvalue weighted by Gasteiger charge is 2.28. The van der Waals surface area contributed by atoms with E-state index >= 15 is 0 Å². The summed E-state index contributed by atoms with van der Waals surface area (Å²) in [6.45, 7) is 5.70. The first-order valence-electron chi connectivity index (χ1n) is 6.88. The second-order valence-electron chi connectivity index (χ2n) is 4.80. The minimum atomic E-state index is -0.270. The second kappa shape index (κ2) is 6.62. The predicted molar refractivity (Wildman–Crippen MR) is 86.1 cm³/mol. The van der Waals surface area contributed by atoms with Gasteiger partial charge in [0, 0.05) is 26.7 Å². The maximum atomic E-state index is 12.1. The van der Waals surface area contributed by atoms with Crippen LogP contribution in [0.2, 0.25) is 0 Å². The van der Waals surface area contributed by atoms with Crippen LogP contribution in [0.3, 0.4) is 0 Å². The van der Waals surface area contributed by atoms with Crippen molar-refractivity contribution in [2.24, 2.45) is 0 Å². The molecular formula is C14H20N4O2S. The van der Waals surface area contributed by atoms with E-state index in [-0.39, 0.29) is 17.5 Å². The first-order valence-corrected chi connectivity index (χ1v) is 7.70. The van der Waals surface area contributed by atoms with E-state index in [9.17, 15) is 9.59 Å². The summed E-state index contributed by atoms with van der Waals surface area (Å²) in [6, 6.07) is 0. The van der Waals surface area contributed by atoms with Gasteiger partial charge in [-0.15, -0.1) is 17.9 Å². The Morgan fingerprint density at radius 1 is 1.38 bits per heavy atom. The van der Waals surface area contributed by atoms with Gasteiger partial charge in [-0.3, -0.25) is 9.59 Å². The molecule has 1 aliphatic heterocycles. The molecule has 114 valence electrons. The van der Waals surface area contributed by atoms with Crippen LogP contribution < -0.4 is 21.3 Å². The lowest BCUT2D eigenvalue weighted by Gasteiger charge is -2.16. The Labute approximate surface area is 128 Å². The van der Waals surface area contributed by atoms with E-state index in [1.54, 1.807) is 13.1 Å². The van der Waals surface area contributed by atoms with Crippen molar-refractivity contribution >= 4 is 33.8 Å². The maximum absolute atomic E-state index is 12.1. The summed E-state index contributed by atoms with van der Waals surface area (Å²) in [6.07, 6.45) is 3.77. The van der Waals surface area contributed by atoms with Crippen molar-refractivity contribution in [1.82, 2.24) is 10.6 Å². The summed E-state index contributed by atoms with van der Waals surface area (Å²) in [4.78, 5) is 26.7. The first-order chi connectivity index (χ1) is 10.1. The topological polar surface area (TPSA) is 87.5 Å². The summed E-state index contributed by atoms with van der Waals surface area (Å²) in [5.74, 6) is -0.526. The Hall–Kier alpha value is -2.02. The number of nitrogens with zero attached hydrogens (tertiary/aromatic N) is 1. The van der Waals surface area contributed by atoms with E-state index in [0.717, 1.165) is 30.9 Å². The third-order valence-electron chi connectivity index (χ3n) is 3.39. The van der Waals surface area contributed by atoms with E-state index in [1.807, 2.05) is 0 Å². The summed E-state index contributed by atoms with van der Waals surface area (Å²) in [5, 5.41) is 6.08. The molecule has 2 rings (SSSR count). The van der Waals surface area contributed by atoms with Crippen molar-refractivity contribution < 1.29 is 9.59 Å². The predicted octanol–water partition coefficient (Wildman–Crippen LogP) is 1.21. The van der Waals surface area contributed by atoms with Crippen LogP contribution in [0.4, 0.5) is 10.7 Å². The van der Waals surface area contributed by atoms with Crippen molar-refractivity contribution in [3.63, 3.8) is 0 Å². The maximum Gasteiger partial charge on any atom is 0.263 e. The molecule has 0 aliphatic carbocycles. The van der Waals surface area contributed by atoms with Crippen LogP contribution >= 0.6 is 11.3 Å². The molecule has 2 heterocycles. The number of nitrogens with one attached hydrogen (secondary N) is 2. The summed E-state index contributed by atoms with van der Waals surface area (Å²) in [5.41, 5.74) is 6.72. The zero-order chi connectivity index (χ0) is 15.4. The van der Waals surface area contributed by atoms with E-state index < -0.39 is 0 Å². The summed E-state index contributed by atoms with van der Waals surface area (Å²) in [7, 11) is 1.56. The molecule has 1 fully saturated rings. The highest BCUT2D eigenvalue weighted by atomic mass is 32.1. The van der Waals surface area contributed by atoms with Crippen LogP contribution in [0.1, 0.15) is 32.9 Å². The fourth-order valence-corrected chi connectivity index (χ4v) is 3.52. The number of carbonyl (C=O) groups excluding carboxylic acids is 2. The molecule has 0 aromatic carbocycles. The zero-order valence-electron chi connectivity index (χ0n) is 12.1. The van der Waals surface area contributed by atoms with Gasteiger partial charge in [-0.2, -0.15) is 0 Å². The standard InChI is InChI=1S/C14H20N4O2S/c1-3-6-17-13(20)11-10(15)9(12(19)16-2)14(21-11)18-7-4-5-8-18/h3H,1,4-8,15H2,2H3,(H,16,19)(H,17,20). The van der Waals surface area contributed by atoms with Gasteiger partial charge in [0.15, 0.2) is 0 Å². The molecule has 6 nitrogen and oxygen atoms in total. The molecule has 0 spiro atoms. The smallest absolute Gasteiger partial charge is 0.263 e. The quantitative estimate of drug-likeness (QED) is 0.713. The molecule has 1 aromatic heterocycles. The Bertz CT molecular complexity index is 562. The summed E-state index contributed by atoms with van der Waals surface area (Å²) < 4.78 is 0. The molecule has 21 heavy (non-hydrogen) atoms. The molecule has 1 aromatic rings. The van der Waals surface area contributed by atoms with Gasteiger partial charge in [-0.1, -0.05) is 6.08 Å². The van der Waals surface area contributed by atoms with Crippen molar-refractivity contribution in [3.05, 3.63) is 23.1 Å². The molecular weight excluding hydrogens is 288 g/mol. The third kappa shape index (κ3) is 3.02. The van der Waals surface area contributed by atoms with Crippen LogP contribution in [-0.4, -0.2) is 38.5 Å². The van der Waals surface area contributed by atoms with Gasteiger partial charge in [0.05, 0.1) is 11.3 Å². The van der Waals surface area contributed by atoms with E-state index in [4.69, 9.17) is 5.73 Å². The lowest BCUT2D eigenvalue weighted by molar-refractivity contribution is 0.0960. The fourth-order valence-electron chi connectivity index (χ4n) is 2.33. The van der Waals surface area contributed by atoms with Crippen LogP contribution in [0.25, 0.3) is 0 Å². The van der Waals surface area contributed by atoms with Crippen LogP contribution in [-0.2, 0) is 0 Å². The Morgan fingerprint density at radius 2 is 2.05 bits per heavy atom.